The molecule has 1 aromatic rings. The van der Waals surface area contributed by atoms with E-state index in [9.17, 15) is 9.59 Å². The molecule has 1 atom stereocenters. The largest absolute Gasteiger partial charge is 0.481 e. The number of hydrogen-bond acceptors (Lipinski definition) is 6. The molecule has 0 amide bonds. The zero-order valence-electron chi connectivity index (χ0n) is 9.04. The Labute approximate surface area is 96.3 Å². The van der Waals surface area contributed by atoms with Gasteiger partial charge in [-0.05, 0) is 6.92 Å². The summed E-state index contributed by atoms with van der Waals surface area (Å²) >= 11 is 0. The minimum atomic E-state index is -1.26. The quantitative estimate of drug-likeness (QED) is 0.551. The van der Waals surface area contributed by atoms with E-state index in [0.29, 0.717) is 0 Å². The molecule has 8 heteroatoms. The molecule has 0 aromatic carbocycles. The van der Waals surface area contributed by atoms with Gasteiger partial charge in [0, 0.05) is 5.56 Å². The summed E-state index contributed by atoms with van der Waals surface area (Å²) in [5.41, 5.74) is 11.0. The number of aromatic nitrogens is 2. The van der Waals surface area contributed by atoms with Crippen molar-refractivity contribution in [3.05, 3.63) is 17.1 Å². The summed E-state index contributed by atoms with van der Waals surface area (Å²) in [4.78, 5) is 28.8. The Hall–Kier alpha value is -2.22. The van der Waals surface area contributed by atoms with E-state index in [0.717, 1.165) is 0 Å². The maximum atomic E-state index is 10.9. The zero-order valence-corrected chi connectivity index (χ0v) is 9.04. The van der Waals surface area contributed by atoms with Gasteiger partial charge in [-0.25, -0.2) is 14.8 Å². The standard InChI is InChI=1S/C9H12N4O4/c1-3-6(9(16)17)12-8(13-7(3)11)4(10)2-5(14)15/h4H,2,10H2,1H3,(H,14,15)(H,16,17)(H2,11,12,13). The first-order valence-electron chi connectivity index (χ1n) is 4.67. The third-order valence-corrected chi connectivity index (χ3v) is 2.13. The van der Waals surface area contributed by atoms with Crippen LogP contribution in [0.15, 0.2) is 0 Å². The number of nitrogen functional groups attached to an aromatic ring is 1. The number of carbonyl (C=O) groups is 2. The average molecular weight is 240 g/mol. The zero-order chi connectivity index (χ0) is 13.2. The number of carboxylic acid groups (broad SMARTS) is 2. The molecule has 0 fully saturated rings. The molecule has 0 radical (unpaired) electrons. The Bertz CT molecular complexity index is 474. The van der Waals surface area contributed by atoms with Crippen LogP contribution in [0.25, 0.3) is 0 Å². The molecule has 8 nitrogen and oxygen atoms in total. The van der Waals surface area contributed by atoms with Gasteiger partial charge in [0.2, 0.25) is 0 Å². The van der Waals surface area contributed by atoms with Gasteiger partial charge in [0.1, 0.15) is 11.6 Å². The fraction of sp³-hybridized carbons (Fsp3) is 0.333. The van der Waals surface area contributed by atoms with Gasteiger partial charge < -0.3 is 21.7 Å². The van der Waals surface area contributed by atoms with Gasteiger partial charge in [-0.1, -0.05) is 0 Å². The van der Waals surface area contributed by atoms with E-state index in [-0.39, 0.29) is 22.9 Å². The number of nitrogens with zero attached hydrogens (tertiary/aromatic N) is 2. The fourth-order valence-corrected chi connectivity index (χ4v) is 1.21. The lowest BCUT2D eigenvalue weighted by Crippen LogP contribution is -2.21. The van der Waals surface area contributed by atoms with Crippen LogP contribution in [0.4, 0.5) is 5.82 Å². The first-order valence-corrected chi connectivity index (χ1v) is 4.67. The molecule has 1 rings (SSSR count). The van der Waals surface area contributed by atoms with Crippen LogP contribution in [-0.4, -0.2) is 32.1 Å². The summed E-state index contributed by atoms with van der Waals surface area (Å²) in [7, 11) is 0. The molecule has 0 aliphatic rings. The third-order valence-electron chi connectivity index (χ3n) is 2.13. The second kappa shape index (κ2) is 4.74. The van der Waals surface area contributed by atoms with Gasteiger partial charge in [-0.3, -0.25) is 4.79 Å². The fourth-order valence-electron chi connectivity index (χ4n) is 1.21. The van der Waals surface area contributed by atoms with E-state index < -0.39 is 24.4 Å². The van der Waals surface area contributed by atoms with E-state index in [1.807, 2.05) is 0 Å². The van der Waals surface area contributed by atoms with Crippen LogP contribution in [0.1, 0.15) is 34.3 Å². The molecule has 1 aromatic heterocycles. The molecule has 0 saturated carbocycles. The monoisotopic (exact) mass is 240 g/mol. The topological polar surface area (TPSA) is 152 Å². The van der Waals surface area contributed by atoms with Crippen LogP contribution in [-0.2, 0) is 4.79 Å². The lowest BCUT2D eigenvalue weighted by Gasteiger charge is -2.11. The summed E-state index contributed by atoms with van der Waals surface area (Å²) in [5, 5.41) is 17.4. The molecule has 1 unspecified atom stereocenters. The van der Waals surface area contributed by atoms with Crippen molar-refractivity contribution in [2.75, 3.05) is 5.73 Å². The van der Waals surface area contributed by atoms with Crippen LogP contribution in [0.3, 0.4) is 0 Å². The van der Waals surface area contributed by atoms with Crippen molar-refractivity contribution in [2.24, 2.45) is 5.73 Å². The van der Waals surface area contributed by atoms with Crippen LogP contribution in [0.5, 0.6) is 0 Å². The highest BCUT2D eigenvalue weighted by Gasteiger charge is 2.19. The predicted octanol–water partition coefficient (Wildman–Crippen LogP) is -0.460. The molecule has 1 heterocycles. The van der Waals surface area contributed by atoms with E-state index in [2.05, 4.69) is 9.97 Å². The summed E-state index contributed by atoms with van der Waals surface area (Å²) in [6.45, 7) is 1.46. The number of anilines is 1. The SMILES string of the molecule is Cc1c(N)nc(C(N)CC(=O)O)nc1C(=O)O. The Morgan fingerprint density at radius 3 is 2.41 bits per heavy atom. The van der Waals surface area contributed by atoms with Gasteiger partial charge >= 0.3 is 11.9 Å². The summed E-state index contributed by atoms with van der Waals surface area (Å²) in [6, 6.07) is -0.992. The summed E-state index contributed by atoms with van der Waals surface area (Å²) in [6.07, 6.45) is -0.401. The van der Waals surface area contributed by atoms with Crippen molar-refractivity contribution in [3.63, 3.8) is 0 Å². The van der Waals surface area contributed by atoms with Crippen molar-refractivity contribution in [3.8, 4) is 0 Å². The van der Waals surface area contributed by atoms with Gasteiger partial charge in [0.15, 0.2) is 5.69 Å². The van der Waals surface area contributed by atoms with E-state index in [1.54, 1.807) is 0 Å². The van der Waals surface area contributed by atoms with Crippen molar-refractivity contribution in [2.45, 2.75) is 19.4 Å². The van der Waals surface area contributed by atoms with E-state index in [1.165, 1.54) is 6.92 Å². The van der Waals surface area contributed by atoms with Crippen molar-refractivity contribution in [1.82, 2.24) is 9.97 Å². The Kier molecular flexibility index (Phi) is 3.59. The Morgan fingerprint density at radius 1 is 1.35 bits per heavy atom. The molecular formula is C9H12N4O4. The van der Waals surface area contributed by atoms with Crippen molar-refractivity contribution in [1.29, 1.82) is 0 Å². The number of hydrogen-bond donors (Lipinski definition) is 4. The molecule has 0 spiro atoms. The second-order valence-corrected chi connectivity index (χ2v) is 3.45. The first-order chi connectivity index (χ1) is 7.82. The Balaban J connectivity index is 3.18. The molecule has 0 saturated heterocycles. The lowest BCUT2D eigenvalue weighted by molar-refractivity contribution is -0.137. The predicted molar refractivity (Wildman–Crippen MR) is 57.3 cm³/mol. The van der Waals surface area contributed by atoms with Gasteiger partial charge in [0.05, 0.1) is 12.5 Å². The molecule has 17 heavy (non-hydrogen) atoms. The molecule has 6 N–H and O–H groups in total. The molecule has 0 aliphatic carbocycles. The highest BCUT2D eigenvalue weighted by Crippen LogP contribution is 2.16. The van der Waals surface area contributed by atoms with Crippen LogP contribution in [0.2, 0.25) is 0 Å². The minimum Gasteiger partial charge on any atom is -0.481 e. The number of aliphatic carboxylic acids is 1. The minimum absolute atomic E-state index is 0.0201. The maximum Gasteiger partial charge on any atom is 0.354 e. The smallest absolute Gasteiger partial charge is 0.354 e. The second-order valence-electron chi connectivity index (χ2n) is 3.45. The highest BCUT2D eigenvalue weighted by atomic mass is 16.4. The molecular weight excluding hydrogens is 228 g/mol. The van der Waals surface area contributed by atoms with Crippen LogP contribution < -0.4 is 11.5 Å². The Morgan fingerprint density at radius 2 is 1.94 bits per heavy atom. The number of nitrogens with two attached hydrogens (primary N) is 2. The summed E-state index contributed by atoms with van der Waals surface area (Å²) in [5.74, 6) is -2.50. The summed E-state index contributed by atoms with van der Waals surface area (Å²) < 4.78 is 0. The first kappa shape index (κ1) is 12.8. The van der Waals surface area contributed by atoms with Gasteiger partial charge in [-0.2, -0.15) is 0 Å². The molecule has 0 aliphatic heterocycles. The van der Waals surface area contributed by atoms with Gasteiger partial charge in [-0.15, -0.1) is 0 Å². The van der Waals surface area contributed by atoms with Crippen molar-refractivity contribution < 1.29 is 19.8 Å². The number of rotatable bonds is 4. The molecule has 92 valence electrons. The lowest BCUT2D eigenvalue weighted by atomic mass is 10.1. The number of carboxylic acids is 2. The third kappa shape index (κ3) is 2.88. The van der Waals surface area contributed by atoms with Crippen molar-refractivity contribution >= 4 is 17.8 Å². The average Bonchev–Trinajstić information content (AvgIpc) is 2.20. The molecule has 0 bridgehead atoms. The maximum absolute atomic E-state index is 10.9. The van der Waals surface area contributed by atoms with Crippen LogP contribution in [0, 0.1) is 6.92 Å². The van der Waals surface area contributed by atoms with E-state index >= 15 is 0 Å². The van der Waals surface area contributed by atoms with E-state index in [4.69, 9.17) is 21.7 Å². The highest BCUT2D eigenvalue weighted by molar-refractivity contribution is 5.88. The van der Waals surface area contributed by atoms with Gasteiger partial charge in [0.25, 0.3) is 0 Å². The van der Waals surface area contributed by atoms with Crippen LogP contribution >= 0.6 is 0 Å². The normalized spacial score (nSPS) is 12.1. The number of aromatic carboxylic acids is 1.